The van der Waals surface area contributed by atoms with Gasteiger partial charge in [-0.1, -0.05) is 28.0 Å². The third-order valence-electron chi connectivity index (χ3n) is 2.49. The minimum absolute atomic E-state index is 0.325. The maximum Gasteiger partial charge on any atom is 0.170 e. The highest BCUT2D eigenvalue weighted by Crippen LogP contribution is 2.26. The minimum Gasteiger partial charge on any atom is -0.356 e. The van der Waals surface area contributed by atoms with Gasteiger partial charge in [-0.15, -0.1) is 0 Å². The van der Waals surface area contributed by atoms with Crippen LogP contribution in [-0.2, 0) is 6.54 Å². The Balaban J connectivity index is 2.13. The molecule has 0 spiro atoms. The Bertz CT molecular complexity index is 527. The van der Waals surface area contributed by atoms with E-state index in [1.54, 1.807) is 18.2 Å². The van der Waals surface area contributed by atoms with Crippen LogP contribution in [-0.4, -0.2) is 11.7 Å². The summed E-state index contributed by atoms with van der Waals surface area (Å²) in [5.74, 6) is 0.127. The van der Waals surface area contributed by atoms with Crippen molar-refractivity contribution in [3.63, 3.8) is 0 Å². The van der Waals surface area contributed by atoms with Crippen molar-refractivity contribution in [3.8, 4) is 11.3 Å². The average molecular weight is 313 g/mol. The van der Waals surface area contributed by atoms with Gasteiger partial charge in [-0.3, -0.25) is 0 Å². The van der Waals surface area contributed by atoms with Gasteiger partial charge in [0.25, 0.3) is 0 Å². The van der Waals surface area contributed by atoms with Crippen molar-refractivity contribution >= 4 is 15.9 Å². The molecule has 0 unspecified atom stereocenters. The lowest BCUT2D eigenvalue weighted by atomic mass is 10.1. The predicted molar refractivity (Wildman–Crippen MR) is 71.6 cm³/mol. The molecule has 5 heteroatoms. The summed E-state index contributed by atoms with van der Waals surface area (Å²) in [7, 11) is 0. The van der Waals surface area contributed by atoms with Gasteiger partial charge in [0, 0.05) is 17.1 Å². The van der Waals surface area contributed by atoms with E-state index in [4.69, 9.17) is 4.52 Å². The molecule has 2 rings (SSSR count). The zero-order valence-corrected chi connectivity index (χ0v) is 11.6. The first-order chi connectivity index (χ1) is 8.70. The second-order valence-electron chi connectivity index (χ2n) is 3.98. The summed E-state index contributed by atoms with van der Waals surface area (Å²) in [5, 5.41) is 7.13. The number of nitrogens with one attached hydrogen (secondary N) is 1. The highest BCUT2D eigenvalue weighted by molar-refractivity contribution is 9.10. The molecule has 0 saturated carbocycles. The fourth-order valence-electron chi connectivity index (χ4n) is 1.60. The van der Waals surface area contributed by atoms with Crippen molar-refractivity contribution in [1.82, 2.24) is 10.5 Å². The van der Waals surface area contributed by atoms with E-state index in [2.05, 4.69) is 33.3 Å². The summed E-state index contributed by atoms with van der Waals surface area (Å²) in [6, 6.07) is 6.61. The van der Waals surface area contributed by atoms with E-state index in [1.807, 2.05) is 0 Å². The van der Waals surface area contributed by atoms with E-state index in [0.29, 0.717) is 22.3 Å². The van der Waals surface area contributed by atoms with Gasteiger partial charge in [0.2, 0.25) is 0 Å². The molecule has 2 aromatic rings. The Morgan fingerprint density at radius 1 is 1.39 bits per heavy atom. The highest BCUT2D eigenvalue weighted by atomic mass is 79.9. The maximum atomic E-state index is 13.7. The molecule has 0 atom stereocenters. The van der Waals surface area contributed by atoms with Crippen LogP contribution in [0.3, 0.4) is 0 Å². The van der Waals surface area contributed by atoms with Gasteiger partial charge < -0.3 is 9.84 Å². The normalized spacial score (nSPS) is 10.8. The van der Waals surface area contributed by atoms with Crippen LogP contribution in [0.2, 0.25) is 0 Å². The van der Waals surface area contributed by atoms with Crippen LogP contribution in [0.1, 0.15) is 19.0 Å². The van der Waals surface area contributed by atoms with Gasteiger partial charge in [0.15, 0.2) is 5.76 Å². The van der Waals surface area contributed by atoms with Gasteiger partial charge >= 0.3 is 0 Å². The molecule has 0 saturated heterocycles. The molecular weight excluding hydrogens is 299 g/mol. The lowest BCUT2D eigenvalue weighted by molar-refractivity contribution is 0.418. The molecular formula is C13H14BrFN2O. The largest absolute Gasteiger partial charge is 0.356 e. The predicted octanol–water partition coefficient (Wildman–Crippen LogP) is 3.74. The van der Waals surface area contributed by atoms with Crippen molar-refractivity contribution in [3.05, 3.63) is 40.2 Å². The highest BCUT2D eigenvalue weighted by Gasteiger charge is 2.11. The van der Waals surface area contributed by atoms with E-state index >= 15 is 0 Å². The van der Waals surface area contributed by atoms with Crippen LogP contribution in [0.5, 0.6) is 0 Å². The van der Waals surface area contributed by atoms with Crippen molar-refractivity contribution in [2.75, 3.05) is 6.54 Å². The first-order valence-electron chi connectivity index (χ1n) is 5.82. The first-order valence-corrected chi connectivity index (χ1v) is 6.61. The molecule has 1 heterocycles. The number of hydrogen-bond acceptors (Lipinski definition) is 3. The summed E-state index contributed by atoms with van der Waals surface area (Å²) in [6.07, 6.45) is 1.06. The summed E-state index contributed by atoms with van der Waals surface area (Å²) >= 11 is 3.22. The van der Waals surface area contributed by atoms with Gasteiger partial charge in [0.1, 0.15) is 5.82 Å². The lowest BCUT2D eigenvalue weighted by Gasteiger charge is -1.98. The van der Waals surface area contributed by atoms with Crippen LogP contribution < -0.4 is 5.32 Å². The molecule has 3 nitrogen and oxygen atoms in total. The molecule has 0 radical (unpaired) electrons. The molecule has 0 aliphatic heterocycles. The van der Waals surface area contributed by atoms with Crippen molar-refractivity contribution in [2.24, 2.45) is 0 Å². The van der Waals surface area contributed by atoms with E-state index in [0.717, 1.165) is 18.7 Å². The Kier molecular flexibility index (Phi) is 4.49. The smallest absolute Gasteiger partial charge is 0.170 e. The third-order valence-corrected chi connectivity index (χ3v) is 2.98. The molecule has 0 aliphatic rings. The molecule has 1 aromatic carbocycles. The molecule has 0 amide bonds. The number of aromatic nitrogens is 1. The second-order valence-corrected chi connectivity index (χ2v) is 4.90. The Labute approximate surface area is 113 Å². The topological polar surface area (TPSA) is 38.1 Å². The average Bonchev–Trinajstić information content (AvgIpc) is 2.78. The SMILES string of the molecule is CCCNCc1cc(-c2ccc(Br)cc2F)on1. The summed E-state index contributed by atoms with van der Waals surface area (Å²) in [6.45, 7) is 3.66. The molecule has 96 valence electrons. The maximum absolute atomic E-state index is 13.7. The van der Waals surface area contributed by atoms with Crippen LogP contribution in [0, 0.1) is 5.82 Å². The zero-order valence-electron chi connectivity index (χ0n) is 10.0. The molecule has 1 aromatic heterocycles. The third kappa shape index (κ3) is 3.17. The number of benzene rings is 1. The lowest BCUT2D eigenvalue weighted by Crippen LogP contribution is -2.13. The van der Waals surface area contributed by atoms with Crippen molar-refractivity contribution in [1.29, 1.82) is 0 Å². The molecule has 0 fully saturated rings. The number of nitrogens with zero attached hydrogens (tertiary/aromatic N) is 1. The van der Waals surface area contributed by atoms with E-state index in [9.17, 15) is 4.39 Å². The molecule has 0 bridgehead atoms. The zero-order chi connectivity index (χ0) is 13.0. The molecule has 18 heavy (non-hydrogen) atoms. The van der Waals surface area contributed by atoms with Gasteiger partial charge in [0.05, 0.1) is 11.3 Å². The van der Waals surface area contributed by atoms with Crippen LogP contribution in [0.25, 0.3) is 11.3 Å². The standard InChI is InChI=1S/C13H14BrFN2O/c1-2-5-16-8-10-7-13(18-17-10)11-4-3-9(14)6-12(11)15/h3-4,6-7,16H,2,5,8H2,1H3. The quantitative estimate of drug-likeness (QED) is 0.855. The minimum atomic E-state index is -0.325. The second kappa shape index (κ2) is 6.11. The fourth-order valence-corrected chi connectivity index (χ4v) is 1.94. The van der Waals surface area contributed by atoms with Gasteiger partial charge in [-0.2, -0.15) is 0 Å². The number of hydrogen-bond donors (Lipinski definition) is 1. The van der Waals surface area contributed by atoms with Crippen molar-refractivity contribution < 1.29 is 8.91 Å². The Morgan fingerprint density at radius 3 is 2.94 bits per heavy atom. The molecule has 0 aliphatic carbocycles. The van der Waals surface area contributed by atoms with Gasteiger partial charge in [-0.05, 0) is 31.2 Å². The van der Waals surface area contributed by atoms with Crippen molar-refractivity contribution in [2.45, 2.75) is 19.9 Å². The van der Waals surface area contributed by atoms with Gasteiger partial charge in [-0.25, -0.2) is 4.39 Å². The first kappa shape index (κ1) is 13.2. The van der Waals surface area contributed by atoms with Crippen LogP contribution >= 0.6 is 15.9 Å². The fraction of sp³-hybridized carbons (Fsp3) is 0.308. The van der Waals surface area contributed by atoms with E-state index in [1.165, 1.54) is 6.07 Å². The Hall–Kier alpha value is -1.20. The van der Waals surface area contributed by atoms with Crippen LogP contribution in [0.15, 0.2) is 33.3 Å². The summed E-state index contributed by atoms with van der Waals surface area (Å²) in [4.78, 5) is 0. The number of rotatable bonds is 5. The monoisotopic (exact) mass is 312 g/mol. The summed E-state index contributed by atoms with van der Waals surface area (Å²) < 4.78 is 19.6. The van der Waals surface area contributed by atoms with E-state index < -0.39 is 0 Å². The molecule has 1 N–H and O–H groups in total. The van der Waals surface area contributed by atoms with E-state index in [-0.39, 0.29) is 5.82 Å². The Morgan fingerprint density at radius 2 is 2.22 bits per heavy atom. The van der Waals surface area contributed by atoms with Crippen LogP contribution in [0.4, 0.5) is 4.39 Å². The number of halogens is 2. The summed E-state index contributed by atoms with van der Waals surface area (Å²) in [5.41, 5.74) is 1.20.